The topological polar surface area (TPSA) is 15.7 Å². The molecule has 0 aliphatic carbocycles. The fourth-order valence-corrected chi connectivity index (χ4v) is 2.20. The molecule has 0 unspecified atom stereocenters. The monoisotopic (exact) mass is 247 g/mol. The van der Waals surface area contributed by atoms with Crippen molar-refractivity contribution in [1.29, 1.82) is 0 Å². The second-order valence-electron chi connectivity index (χ2n) is 5.05. The molecule has 1 saturated heterocycles. The van der Waals surface area contributed by atoms with Crippen LogP contribution in [0.5, 0.6) is 5.75 Å². The first-order valence-electron chi connectivity index (χ1n) is 6.76. The van der Waals surface area contributed by atoms with Gasteiger partial charge in [-0.2, -0.15) is 0 Å². The van der Waals surface area contributed by atoms with Gasteiger partial charge in [0.2, 0.25) is 0 Å². The number of benzene rings is 1. The molecule has 1 aliphatic heterocycles. The van der Waals surface area contributed by atoms with E-state index in [1.807, 2.05) is 25.1 Å². The fourth-order valence-electron chi connectivity index (χ4n) is 2.20. The Morgan fingerprint density at radius 3 is 2.78 bits per heavy atom. The van der Waals surface area contributed by atoms with Crippen LogP contribution in [-0.4, -0.2) is 56.2 Å². The number of nitrogens with zero attached hydrogens (tertiary/aromatic N) is 2. The highest BCUT2D eigenvalue weighted by Gasteiger charge is 2.12. The van der Waals surface area contributed by atoms with E-state index < -0.39 is 0 Å². The van der Waals surface area contributed by atoms with Crippen molar-refractivity contribution >= 4 is 0 Å². The second-order valence-corrected chi connectivity index (χ2v) is 5.05. The lowest BCUT2D eigenvalue weighted by Crippen LogP contribution is -2.44. The zero-order chi connectivity index (χ0) is 12.8. The van der Waals surface area contributed by atoms with Crippen molar-refractivity contribution in [3.05, 3.63) is 29.8 Å². The largest absolute Gasteiger partial charge is 0.494 e. The van der Waals surface area contributed by atoms with Crippen LogP contribution in [-0.2, 0) is 0 Å². The molecule has 1 aromatic carbocycles. The molecule has 2 rings (SSSR count). The summed E-state index contributed by atoms with van der Waals surface area (Å²) < 4.78 is 5.74. The smallest absolute Gasteiger partial charge is 0.119 e. The van der Waals surface area contributed by atoms with Crippen LogP contribution in [0.1, 0.15) is 12.0 Å². The van der Waals surface area contributed by atoms with Crippen molar-refractivity contribution < 1.29 is 4.74 Å². The minimum absolute atomic E-state index is 0.801. The highest BCUT2D eigenvalue weighted by Crippen LogP contribution is 2.12. The Hall–Kier alpha value is -1.06. The van der Waals surface area contributed by atoms with Crippen LogP contribution in [0.2, 0.25) is 0 Å². The number of piperazine rings is 1. The van der Waals surface area contributed by atoms with Crippen LogP contribution in [0.25, 0.3) is 0 Å². The molecule has 0 bridgehead atoms. The van der Waals surface area contributed by atoms with Crippen LogP contribution >= 0.6 is 0 Å². The van der Waals surface area contributed by atoms with Crippen LogP contribution in [0.4, 0.5) is 0 Å². The zero-order valence-corrected chi connectivity index (χ0v) is 11.5. The number of hydrogen-bond acceptors (Lipinski definition) is 3. The van der Waals surface area contributed by atoms with Gasteiger partial charge in [-0.15, -0.1) is 0 Å². The highest BCUT2D eigenvalue weighted by molar-refractivity contribution is 5.26. The predicted molar refractivity (Wildman–Crippen MR) is 74.1 cm³/mol. The number of rotatable bonds is 5. The second kappa shape index (κ2) is 6.76. The average molecular weight is 247 g/mol. The molecule has 3 nitrogen and oxygen atoms in total. The maximum absolute atomic E-state index is 5.74. The molecule has 0 atom stereocenters. The van der Waals surface area contributed by atoms with Gasteiger partial charge in [-0.3, -0.25) is 0 Å². The Labute approximate surface area is 110 Å². The van der Waals surface area contributed by atoms with E-state index in [9.17, 15) is 0 Å². The van der Waals surface area contributed by atoms with E-state index in [2.05, 4.69) is 22.9 Å². The Kier molecular flexibility index (Phi) is 5.02. The molecule has 0 saturated carbocycles. The molecule has 1 radical (unpaired) electrons. The molecular weight excluding hydrogens is 224 g/mol. The summed E-state index contributed by atoms with van der Waals surface area (Å²) in [5.41, 5.74) is 1.13. The average Bonchev–Trinajstić information content (AvgIpc) is 2.37. The lowest BCUT2D eigenvalue weighted by Gasteiger charge is -2.32. The summed E-state index contributed by atoms with van der Waals surface area (Å²) in [5, 5.41) is 0. The van der Waals surface area contributed by atoms with Gasteiger partial charge < -0.3 is 14.5 Å². The standard InChI is InChI=1S/C15H23N2O/c1-14-5-3-6-15(13-14)18-12-4-7-17-10-8-16(2)9-11-17/h3,6,13H,4,7-12H2,1-2H3. The van der Waals surface area contributed by atoms with Crippen LogP contribution in [0.15, 0.2) is 18.2 Å². The minimum Gasteiger partial charge on any atom is -0.494 e. The van der Waals surface area contributed by atoms with Crippen molar-refractivity contribution in [3.8, 4) is 5.75 Å². The van der Waals surface area contributed by atoms with Crippen molar-refractivity contribution in [1.82, 2.24) is 9.80 Å². The maximum Gasteiger partial charge on any atom is 0.119 e. The first kappa shape index (κ1) is 13.4. The molecule has 0 N–H and O–H groups in total. The molecule has 1 fully saturated rings. The molecule has 99 valence electrons. The van der Waals surface area contributed by atoms with E-state index in [1.54, 1.807) is 0 Å². The molecule has 18 heavy (non-hydrogen) atoms. The van der Waals surface area contributed by atoms with E-state index in [4.69, 9.17) is 4.74 Å². The van der Waals surface area contributed by atoms with Crippen molar-refractivity contribution in [2.75, 3.05) is 46.4 Å². The lowest BCUT2D eigenvalue weighted by atomic mass is 10.2. The van der Waals surface area contributed by atoms with Crippen LogP contribution in [0.3, 0.4) is 0 Å². The Morgan fingerprint density at radius 2 is 2.06 bits per heavy atom. The van der Waals surface area contributed by atoms with Crippen LogP contribution < -0.4 is 4.74 Å². The van der Waals surface area contributed by atoms with E-state index in [-0.39, 0.29) is 0 Å². The third kappa shape index (κ3) is 4.31. The van der Waals surface area contributed by atoms with Gasteiger partial charge in [-0.25, -0.2) is 0 Å². The van der Waals surface area contributed by atoms with Crippen molar-refractivity contribution in [3.63, 3.8) is 0 Å². The number of ether oxygens (including phenoxy) is 1. The number of hydrogen-bond donors (Lipinski definition) is 0. The fraction of sp³-hybridized carbons (Fsp3) is 0.600. The summed E-state index contributed by atoms with van der Waals surface area (Å²) >= 11 is 0. The summed E-state index contributed by atoms with van der Waals surface area (Å²) in [6, 6.07) is 9.06. The summed E-state index contributed by atoms with van der Waals surface area (Å²) in [6.07, 6.45) is 1.10. The van der Waals surface area contributed by atoms with Gasteiger partial charge >= 0.3 is 0 Å². The van der Waals surface area contributed by atoms with Crippen molar-refractivity contribution in [2.24, 2.45) is 0 Å². The molecule has 1 aromatic rings. The van der Waals surface area contributed by atoms with Gasteiger partial charge in [0.15, 0.2) is 0 Å². The summed E-state index contributed by atoms with van der Waals surface area (Å²) in [4.78, 5) is 4.91. The normalized spacial score (nSPS) is 17.9. The van der Waals surface area contributed by atoms with Gasteiger partial charge in [0.25, 0.3) is 0 Å². The number of likely N-dealkylation sites (N-methyl/N-ethyl adjacent to an activating group) is 1. The minimum atomic E-state index is 0.801. The van der Waals surface area contributed by atoms with E-state index in [0.717, 1.165) is 30.9 Å². The third-order valence-corrected chi connectivity index (χ3v) is 3.40. The quantitative estimate of drug-likeness (QED) is 0.738. The summed E-state index contributed by atoms with van der Waals surface area (Å²) in [6.45, 7) is 8.74. The van der Waals surface area contributed by atoms with Gasteiger partial charge in [0.1, 0.15) is 5.75 Å². The predicted octanol–water partition coefficient (Wildman–Crippen LogP) is 1.81. The van der Waals surface area contributed by atoms with E-state index in [1.165, 1.54) is 26.2 Å². The van der Waals surface area contributed by atoms with Crippen molar-refractivity contribution in [2.45, 2.75) is 13.3 Å². The molecule has 3 heteroatoms. The molecule has 1 aliphatic rings. The Morgan fingerprint density at radius 1 is 1.28 bits per heavy atom. The SMILES string of the molecule is Cc1[c]ccc(OCCCN2CCN(C)CC2)c1. The molecule has 0 aromatic heterocycles. The van der Waals surface area contributed by atoms with Gasteiger partial charge in [-0.05, 0) is 44.2 Å². The zero-order valence-electron chi connectivity index (χ0n) is 11.5. The van der Waals surface area contributed by atoms with Crippen LogP contribution in [0, 0.1) is 13.0 Å². The molecule has 0 amide bonds. The Balaban J connectivity index is 1.61. The third-order valence-electron chi connectivity index (χ3n) is 3.40. The Bertz CT molecular complexity index is 359. The first-order chi connectivity index (χ1) is 8.74. The summed E-state index contributed by atoms with van der Waals surface area (Å²) in [5.74, 6) is 0.963. The molecular formula is C15H23N2O. The summed E-state index contributed by atoms with van der Waals surface area (Å²) in [7, 11) is 2.19. The van der Waals surface area contributed by atoms with Gasteiger partial charge in [-0.1, -0.05) is 6.07 Å². The highest BCUT2D eigenvalue weighted by atomic mass is 16.5. The van der Waals surface area contributed by atoms with E-state index >= 15 is 0 Å². The number of aryl methyl sites for hydroxylation is 1. The van der Waals surface area contributed by atoms with Gasteiger partial charge in [0, 0.05) is 32.7 Å². The molecule has 1 heterocycles. The van der Waals surface area contributed by atoms with Gasteiger partial charge in [0.05, 0.1) is 6.61 Å². The lowest BCUT2D eigenvalue weighted by molar-refractivity contribution is 0.145. The van der Waals surface area contributed by atoms with E-state index in [0.29, 0.717) is 0 Å². The molecule has 0 spiro atoms. The maximum atomic E-state index is 5.74. The first-order valence-corrected chi connectivity index (χ1v) is 6.76.